The normalized spacial score (nSPS) is 10.7. The van der Waals surface area contributed by atoms with Crippen molar-refractivity contribution in [2.24, 2.45) is 0 Å². The number of rotatable bonds is 5. The van der Waals surface area contributed by atoms with E-state index in [1.54, 1.807) is 23.1 Å². The first-order chi connectivity index (χ1) is 9.10. The number of nitrogens with one attached hydrogen (secondary N) is 1. The Morgan fingerprint density at radius 2 is 2.16 bits per heavy atom. The van der Waals surface area contributed by atoms with Crippen molar-refractivity contribution < 1.29 is 0 Å². The fourth-order valence-electron chi connectivity index (χ4n) is 1.46. The fraction of sp³-hybridized carbons (Fsp3) is 0.333. The van der Waals surface area contributed by atoms with Gasteiger partial charge in [-0.2, -0.15) is 0 Å². The average molecular weight is 359 g/mol. The maximum atomic E-state index is 4.19. The van der Waals surface area contributed by atoms with Crippen LogP contribution in [0, 0.1) is 0 Å². The van der Waals surface area contributed by atoms with Crippen LogP contribution in [-0.2, 0) is 6.54 Å². The quantitative estimate of drug-likeness (QED) is 0.888. The average Bonchev–Trinajstić information content (AvgIpc) is 2.82. The zero-order chi connectivity index (χ0) is 13.8. The summed E-state index contributed by atoms with van der Waals surface area (Å²) in [6.07, 6.45) is 0. The van der Waals surface area contributed by atoms with E-state index in [1.165, 1.54) is 5.56 Å². The van der Waals surface area contributed by atoms with E-state index in [-0.39, 0.29) is 0 Å². The highest BCUT2D eigenvalue weighted by Crippen LogP contribution is 2.36. The van der Waals surface area contributed by atoms with Crippen LogP contribution in [0.15, 0.2) is 31.9 Å². The second-order valence-corrected chi connectivity index (χ2v) is 7.24. The molecule has 0 bridgehead atoms. The Kier molecular flexibility index (Phi) is 5.20. The highest BCUT2D eigenvalue weighted by molar-refractivity contribution is 9.10. The molecule has 2 aromatic rings. The van der Waals surface area contributed by atoms with Crippen molar-refractivity contribution >= 4 is 44.2 Å². The summed E-state index contributed by atoms with van der Waals surface area (Å²) in [6.45, 7) is 0.868. The molecule has 1 aromatic carbocycles. The van der Waals surface area contributed by atoms with Gasteiger partial charge in [0.15, 0.2) is 4.34 Å². The van der Waals surface area contributed by atoms with Crippen LogP contribution in [0.2, 0.25) is 0 Å². The van der Waals surface area contributed by atoms with Gasteiger partial charge in [0.2, 0.25) is 5.13 Å². The van der Waals surface area contributed by atoms with E-state index < -0.39 is 0 Å². The molecule has 0 radical (unpaired) electrons. The predicted molar refractivity (Wildman–Crippen MR) is 85.3 cm³/mol. The van der Waals surface area contributed by atoms with Gasteiger partial charge in [0.05, 0.1) is 0 Å². The van der Waals surface area contributed by atoms with E-state index in [1.807, 2.05) is 26.0 Å². The molecule has 0 atom stereocenters. The lowest BCUT2D eigenvalue weighted by Crippen LogP contribution is -2.07. The monoisotopic (exact) mass is 358 g/mol. The molecule has 0 fully saturated rings. The van der Waals surface area contributed by atoms with Crippen LogP contribution in [0.3, 0.4) is 0 Å². The zero-order valence-corrected chi connectivity index (χ0v) is 14.2. The van der Waals surface area contributed by atoms with E-state index in [0.717, 1.165) is 25.4 Å². The lowest BCUT2D eigenvalue weighted by molar-refractivity contribution is 0.816. The molecule has 0 unspecified atom stereocenters. The Balaban J connectivity index is 2.13. The molecule has 0 aliphatic heterocycles. The van der Waals surface area contributed by atoms with Gasteiger partial charge in [0.1, 0.15) is 0 Å². The van der Waals surface area contributed by atoms with Crippen molar-refractivity contribution in [2.75, 3.05) is 26.0 Å². The van der Waals surface area contributed by atoms with Gasteiger partial charge in [0, 0.05) is 30.0 Å². The lowest BCUT2D eigenvalue weighted by Gasteiger charge is -2.05. The van der Waals surface area contributed by atoms with Crippen molar-refractivity contribution in [3.05, 3.63) is 28.2 Å². The maximum absolute atomic E-state index is 4.19. The molecular formula is C12H15BrN4S2. The van der Waals surface area contributed by atoms with E-state index >= 15 is 0 Å². The summed E-state index contributed by atoms with van der Waals surface area (Å²) in [5.41, 5.74) is 1.25. The Bertz CT molecular complexity index is 556. The summed E-state index contributed by atoms with van der Waals surface area (Å²) in [5.74, 6) is 0. The highest BCUT2D eigenvalue weighted by Gasteiger charge is 2.09. The molecule has 2 rings (SSSR count). The first-order valence-corrected chi connectivity index (χ1v) is 8.14. The number of hydrogen-bond acceptors (Lipinski definition) is 6. The fourth-order valence-corrected chi connectivity index (χ4v) is 3.85. The van der Waals surface area contributed by atoms with Gasteiger partial charge in [-0.3, -0.25) is 0 Å². The first kappa shape index (κ1) is 14.8. The molecule has 0 saturated heterocycles. The molecule has 102 valence electrons. The summed E-state index contributed by atoms with van der Waals surface area (Å²) >= 11 is 6.83. The third-order valence-corrected chi connectivity index (χ3v) is 5.49. The Morgan fingerprint density at radius 1 is 1.37 bits per heavy atom. The van der Waals surface area contributed by atoms with Crippen LogP contribution in [0.1, 0.15) is 5.56 Å². The topological polar surface area (TPSA) is 41.1 Å². The second-order valence-electron chi connectivity index (χ2n) is 4.14. The van der Waals surface area contributed by atoms with Gasteiger partial charge in [-0.1, -0.05) is 29.2 Å². The number of halogens is 1. The van der Waals surface area contributed by atoms with Crippen LogP contribution >= 0.6 is 39.0 Å². The maximum Gasteiger partial charge on any atom is 0.208 e. The van der Waals surface area contributed by atoms with Crippen molar-refractivity contribution in [1.82, 2.24) is 15.5 Å². The van der Waals surface area contributed by atoms with Gasteiger partial charge >= 0.3 is 0 Å². The molecule has 19 heavy (non-hydrogen) atoms. The smallest absolute Gasteiger partial charge is 0.208 e. The highest BCUT2D eigenvalue weighted by atomic mass is 79.9. The summed E-state index contributed by atoms with van der Waals surface area (Å²) in [7, 11) is 5.88. The van der Waals surface area contributed by atoms with Gasteiger partial charge in [-0.05, 0) is 40.7 Å². The molecule has 0 aliphatic carbocycles. The minimum Gasteiger partial charge on any atom is -0.353 e. The Hall–Kier alpha value is -0.630. The number of nitrogens with zero attached hydrogens (tertiary/aromatic N) is 3. The minimum atomic E-state index is 0.868. The van der Waals surface area contributed by atoms with Gasteiger partial charge in [0.25, 0.3) is 0 Å². The van der Waals surface area contributed by atoms with E-state index in [4.69, 9.17) is 0 Å². The summed E-state index contributed by atoms with van der Waals surface area (Å²) in [4.78, 5) is 3.12. The SMILES string of the molecule is CNCc1ccc(Sc2nnc(N(C)C)s2)c(Br)c1. The predicted octanol–water partition coefficient (Wildman–Crippen LogP) is 3.24. The van der Waals surface area contributed by atoms with Crippen molar-refractivity contribution in [3.8, 4) is 0 Å². The summed E-state index contributed by atoms with van der Waals surface area (Å²) in [6, 6.07) is 6.36. The molecule has 1 N–H and O–H groups in total. The van der Waals surface area contributed by atoms with Crippen LogP contribution < -0.4 is 10.2 Å². The summed E-state index contributed by atoms with van der Waals surface area (Å²) in [5, 5.41) is 12.4. The van der Waals surface area contributed by atoms with Crippen molar-refractivity contribution in [2.45, 2.75) is 15.8 Å². The molecule has 0 saturated carbocycles. The third kappa shape index (κ3) is 3.92. The molecule has 0 aliphatic rings. The van der Waals surface area contributed by atoms with Gasteiger partial charge in [-0.25, -0.2) is 0 Å². The molecule has 0 spiro atoms. The molecular weight excluding hydrogens is 344 g/mol. The Morgan fingerprint density at radius 3 is 2.74 bits per heavy atom. The molecule has 1 heterocycles. The van der Waals surface area contributed by atoms with E-state index in [0.29, 0.717) is 0 Å². The number of benzene rings is 1. The van der Waals surface area contributed by atoms with Crippen LogP contribution in [0.5, 0.6) is 0 Å². The third-order valence-electron chi connectivity index (χ3n) is 2.35. The largest absolute Gasteiger partial charge is 0.353 e. The first-order valence-electron chi connectivity index (χ1n) is 5.72. The zero-order valence-electron chi connectivity index (χ0n) is 11.0. The molecule has 7 heteroatoms. The second kappa shape index (κ2) is 6.69. The van der Waals surface area contributed by atoms with E-state index in [2.05, 4.69) is 49.6 Å². The number of aromatic nitrogens is 2. The molecule has 0 amide bonds. The van der Waals surface area contributed by atoms with Crippen molar-refractivity contribution in [3.63, 3.8) is 0 Å². The Labute approximate surface area is 129 Å². The molecule has 1 aromatic heterocycles. The number of hydrogen-bond donors (Lipinski definition) is 1. The van der Waals surface area contributed by atoms with Crippen LogP contribution in [-0.4, -0.2) is 31.3 Å². The minimum absolute atomic E-state index is 0.868. The van der Waals surface area contributed by atoms with Gasteiger partial charge < -0.3 is 10.2 Å². The van der Waals surface area contributed by atoms with Gasteiger partial charge in [-0.15, -0.1) is 10.2 Å². The lowest BCUT2D eigenvalue weighted by atomic mass is 10.2. The standard InChI is InChI=1S/C12H15BrN4S2/c1-14-7-8-4-5-10(9(13)6-8)18-12-16-15-11(19-12)17(2)3/h4-6,14H,7H2,1-3H3. The summed E-state index contributed by atoms with van der Waals surface area (Å²) < 4.78 is 2.04. The van der Waals surface area contributed by atoms with Crippen LogP contribution in [0.4, 0.5) is 5.13 Å². The van der Waals surface area contributed by atoms with Crippen LogP contribution in [0.25, 0.3) is 0 Å². The van der Waals surface area contributed by atoms with Crippen molar-refractivity contribution in [1.29, 1.82) is 0 Å². The number of anilines is 1. The van der Waals surface area contributed by atoms with E-state index in [9.17, 15) is 0 Å². The molecule has 4 nitrogen and oxygen atoms in total.